The molecule has 21 heavy (non-hydrogen) atoms. The number of nitrogens with two attached hydrogens (primary N) is 1. The first-order chi connectivity index (χ1) is 10.1. The maximum absolute atomic E-state index is 12.1. The Morgan fingerprint density at radius 3 is 2.48 bits per heavy atom. The first-order valence-corrected chi connectivity index (χ1v) is 7.32. The maximum Gasteiger partial charge on any atom is 0.331 e. The van der Waals surface area contributed by atoms with E-state index in [1.807, 2.05) is 30.3 Å². The van der Waals surface area contributed by atoms with Crippen LogP contribution in [0.25, 0.3) is 0 Å². The van der Waals surface area contributed by atoms with Crippen molar-refractivity contribution in [3.8, 4) is 0 Å². The van der Waals surface area contributed by atoms with Gasteiger partial charge in [0, 0.05) is 4.88 Å². The number of rotatable bonds is 6. The number of carbonyl (C=O) groups is 2. The van der Waals surface area contributed by atoms with Gasteiger partial charge in [0.1, 0.15) is 0 Å². The molecule has 2 unspecified atom stereocenters. The molecule has 1 aromatic carbocycles. The summed E-state index contributed by atoms with van der Waals surface area (Å²) in [6.07, 6.45) is 0.365. The van der Waals surface area contributed by atoms with Crippen LogP contribution in [0.15, 0.2) is 47.8 Å². The number of hydrogen-bond acceptors (Lipinski definition) is 4. The van der Waals surface area contributed by atoms with Crippen LogP contribution in [0, 0.1) is 0 Å². The topological polar surface area (TPSA) is 92.4 Å². The molecule has 0 aliphatic carbocycles. The van der Waals surface area contributed by atoms with E-state index in [0.717, 1.165) is 5.56 Å². The Hall–Kier alpha value is -2.18. The SMILES string of the molecule is NC(Cc1ccccc1)C(=O)NC(C(=O)O)c1cccs1. The molecule has 6 heteroatoms. The molecular formula is C15H16N2O3S. The van der Waals surface area contributed by atoms with Crippen LogP contribution in [0.3, 0.4) is 0 Å². The maximum atomic E-state index is 12.1. The summed E-state index contributed by atoms with van der Waals surface area (Å²) in [6.45, 7) is 0. The summed E-state index contributed by atoms with van der Waals surface area (Å²) in [5.41, 5.74) is 6.78. The van der Waals surface area contributed by atoms with Gasteiger partial charge in [0.2, 0.25) is 5.91 Å². The smallest absolute Gasteiger partial charge is 0.331 e. The lowest BCUT2D eigenvalue weighted by Gasteiger charge is -2.17. The average molecular weight is 304 g/mol. The fourth-order valence-corrected chi connectivity index (χ4v) is 2.69. The molecule has 0 saturated heterocycles. The average Bonchev–Trinajstić information content (AvgIpc) is 2.99. The normalized spacial score (nSPS) is 13.4. The number of nitrogens with one attached hydrogen (secondary N) is 1. The Bertz CT molecular complexity index is 599. The van der Waals surface area contributed by atoms with E-state index in [2.05, 4.69) is 5.32 Å². The molecule has 1 aromatic heterocycles. The van der Waals surface area contributed by atoms with Crippen molar-refractivity contribution in [3.05, 3.63) is 58.3 Å². The fraction of sp³-hybridized carbons (Fsp3) is 0.200. The van der Waals surface area contributed by atoms with E-state index < -0.39 is 24.0 Å². The number of hydrogen-bond donors (Lipinski definition) is 3. The fourth-order valence-electron chi connectivity index (χ4n) is 1.92. The van der Waals surface area contributed by atoms with Gasteiger partial charge in [-0.25, -0.2) is 4.79 Å². The molecule has 5 nitrogen and oxygen atoms in total. The van der Waals surface area contributed by atoms with E-state index in [1.54, 1.807) is 17.5 Å². The van der Waals surface area contributed by atoms with Crippen LogP contribution in [-0.2, 0) is 16.0 Å². The van der Waals surface area contributed by atoms with Crippen LogP contribution in [0.5, 0.6) is 0 Å². The van der Waals surface area contributed by atoms with Gasteiger partial charge in [0.15, 0.2) is 6.04 Å². The quantitative estimate of drug-likeness (QED) is 0.755. The van der Waals surface area contributed by atoms with Crippen LogP contribution in [0.4, 0.5) is 0 Å². The Morgan fingerprint density at radius 1 is 1.19 bits per heavy atom. The lowest BCUT2D eigenvalue weighted by Crippen LogP contribution is -2.45. The Morgan fingerprint density at radius 2 is 1.90 bits per heavy atom. The number of thiophene rings is 1. The number of carbonyl (C=O) groups excluding carboxylic acids is 1. The molecule has 0 fully saturated rings. The Labute approximate surface area is 126 Å². The minimum Gasteiger partial charge on any atom is -0.479 e. The highest BCUT2D eigenvalue weighted by Gasteiger charge is 2.25. The van der Waals surface area contributed by atoms with E-state index in [9.17, 15) is 14.7 Å². The van der Waals surface area contributed by atoms with Crippen molar-refractivity contribution >= 4 is 23.2 Å². The number of carboxylic acid groups (broad SMARTS) is 1. The Kier molecular flexibility index (Phi) is 5.08. The minimum atomic E-state index is -1.10. The van der Waals surface area contributed by atoms with Crippen LogP contribution >= 0.6 is 11.3 Å². The Balaban J connectivity index is 2.00. The van der Waals surface area contributed by atoms with Gasteiger partial charge in [-0.15, -0.1) is 11.3 Å². The number of benzene rings is 1. The molecule has 1 amide bonds. The molecule has 1 heterocycles. The zero-order valence-electron chi connectivity index (χ0n) is 11.2. The first kappa shape index (κ1) is 15.2. The lowest BCUT2D eigenvalue weighted by molar-refractivity contribution is -0.142. The van der Waals surface area contributed by atoms with Crippen molar-refractivity contribution in [3.63, 3.8) is 0 Å². The molecule has 2 rings (SSSR count). The van der Waals surface area contributed by atoms with E-state index >= 15 is 0 Å². The molecule has 2 aromatic rings. The predicted octanol–water partition coefficient (Wildman–Crippen LogP) is 1.56. The second-order valence-corrected chi connectivity index (χ2v) is 5.57. The highest BCUT2D eigenvalue weighted by Crippen LogP contribution is 2.19. The van der Waals surface area contributed by atoms with Crippen molar-refractivity contribution in [2.75, 3.05) is 0 Å². The van der Waals surface area contributed by atoms with Crippen molar-refractivity contribution < 1.29 is 14.7 Å². The summed E-state index contributed by atoms with van der Waals surface area (Å²) in [5, 5.41) is 13.5. The molecule has 0 saturated carbocycles. The van der Waals surface area contributed by atoms with Crippen LogP contribution in [0.1, 0.15) is 16.5 Å². The molecule has 0 radical (unpaired) electrons. The highest BCUT2D eigenvalue weighted by molar-refractivity contribution is 7.10. The largest absolute Gasteiger partial charge is 0.479 e. The summed E-state index contributed by atoms with van der Waals surface area (Å²) < 4.78 is 0. The van der Waals surface area contributed by atoms with E-state index in [-0.39, 0.29) is 0 Å². The number of aliphatic carboxylic acids is 1. The summed E-state index contributed by atoms with van der Waals surface area (Å²) in [5.74, 6) is -1.57. The van der Waals surface area contributed by atoms with Gasteiger partial charge in [-0.3, -0.25) is 4.79 Å². The standard InChI is InChI=1S/C15H16N2O3S/c16-11(9-10-5-2-1-3-6-10)14(18)17-13(15(19)20)12-7-4-8-21-12/h1-8,11,13H,9,16H2,(H,17,18)(H,19,20). The van der Waals surface area contributed by atoms with Crippen molar-refractivity contribution in [1.29, 1.82) is 0 Å². The summed E-state index contributed by atoms with van der Waals surface area (Å²) in [6, 6.07) is 10.9. The predicted molar refractivity (Wildman–Crippen MR) is 81.0 cm³/mol. The van der Waals surface area contributed by atoms with Gasteiger partial charge in [-0.2, -0.15) is 0 Å². The summed E-state index contributed by atoms with van der Waals surface area (Å²) in [7, 11) is 0. The van der Waals surface area contributed by atoms with Crippen LogP contribution in [0.2, 0.25) is 0 Å². The van der Waals surface area contributed by atoms with Gasteiger partial charge >= 0.3 is 5.97 Å². The van der Waals surface area contributed by atoms with E-state index in [1.165, 1.54) is 11.3 Å². The van der Waals surface area contributed by atoms with Gasteiger partial charge in [-0.05, 0) is 23.4 Å². The molecule has 0 aliphatic heterocycles. The van der Waals surface area contributed by atoms with Crippen molar-refractivity contribution in [2.24, 2.45) is 5.73 Å². The van der Waals surface area contributed by atoms with E-state index in [0.29, 0.717) is 11.3 Å². The molecule has 2 atom stereocenters. The van der Waals surface area contributed by atoms with Crippen molar-refractivity contribution in [2.45, 2.75) is 18.5 Å². The molecule has 0 spiro atoms. The summed E-state index contributed by atoms with van der Waals surface area (Å²) in [4.78, 5) is 23.9. The zero-order valence-corrected chi connectivity index (χ0v) is 12.0. The highest BCUT2D eigenvalue weighted by atomic mass is 32.1. The monoisotopic (exact) mass is 304 g/mol. The van der Waals surface area contributed by atoms with Gasteiger partial charge in [0.25, 0.3) is 0 Å². The second-order valence-electron chi connectivity index (χ2n) is 4.59. The van der Waals surface area contributed by atoms with Crippen LogP contribution in [-0.4, -0.2) is 23.0 Å². The number of carboxylic acids is 1. The molecular weight excluding hydrogens is 288 g/mol. The molecule has 4 N–H and O–H groups in total. The van der Waals surface area contributed by atoms with Gasteiger partial charge in [0.05, 0.1) is 6.04 Å². The second kappa shape index (κ2) is 7.01. The van der Waals surface area contributed by atoms with Gasteiger partial charge in [-0.1, -0.05) is 36.4 Å². The molecule has 110 valence electrons. The molecule has 0 aliphatic rings. The van der Waals surface area contributed by atoms with Crippen LogP contribution < -0.4 is 11.1 Å². The third-order valence-electron chi connectivity index (χ3n) is 3.00. The molecule has 0 bridgehead atoms. The third kappa shape index (κ3) is 4.14. The zero-order chi connectivity index (χ0) is 15.2. The summed E-state index contributed by atoms with van der Waals surface area (Å²) >= 11 is 1.28. The van der Waals surface area contributed by atoms with Crippen molar-refractivity contribution in [1.82, 2.24) is 5.32 Å². The lowest BCUT2D eigenvalue weighted by atomic mass is 10.1. The first-order valence-electron chi connectivity index (χ1n) is 6.44. The van der Waals surface area contributed by atoms with Gasteiger partial charge < -0.3 is 16.2 Å². The minimum absolute atomic E-state index is 0.365. The van der Waals surface area contributed by atoms with E-state index in [4.69, 9.17) is 5.73 Å². The third-order valence-corrected chi connectivity index (χ3v) is 3.93. The number of amides is 1.